The fraction of sp³-hybridized carbons (Fsp3) is 0.750. The highest BCUT2D eigenvalue weighted by Gasteiger charge is 1.93. The molecule has 0 rings (SSSR count). The number of aliphatic hydroxyl groups excluding tert-OH is 1. The first-order valence-electron chi connectivity index (χ1n) is 2.17. The van der Waals surface area contributed by atoms with Gasteiger partial charge in [-0.2, -0.15) is 0 Å². The summed E-state index contributed by atoms with van der Waals surface area (Å²) in [6.07, 6.45) is 0. The van der Waals surface area contributed by atoms with Gasteiger partial charge in [0.2, 0.25) is 0 Å². The summed E-state index contributed by atoms with van der Waals surface area (Å²) in [4.78, 5) is 9.77. The van der Waals surface area contributed by atoms with Crippen molar-refractivity contribution in [2.45, 2.75) is 0 Å². The third-order valence-electron chi connectivity index (χ3n) is 0.461. The molecule has 0 spiro atoms. The largest absolute Gasteiger partial charge is 0.481 e. The minimum Gasteiger partial charge on any atom is -0.481 e. The van der Waals surface area contributed by atoms with Crippen LogP contribution in [0, 0.1) is 0 Å². The third-order valence-corrected chi connectivity index (χ3v) is 1.38. The Morgan fingerprint density at radius 2 is 2.25 bits per heavy atom. The van der Waals surface area contributed by atoms with Gasteiger partial charge in [0.25, 0.3) is 0 Å². The third kappa shape index (κ3) is 5.78. The van der Waals surface area contributed by atoms with Gasteiger partial charge < -0.3 is 10.2 Å². The van der Waals surface area contributed by atoms with Crippen LogP contribution in [0.15, 0.2) is 0 Å². The van der Waals surface area contributed by atoms with E-state index in [-0.39, 0.29) is 12.4 Å². The minimum absolute atomic E-state index is 0.0535. The van der Waals surface area contributed by atoms with Crippen LogP contribution in [0.2, 0.25) is 0 Å². The van der Waals surface area contributed by atoms with Crippen LogP contribution in [-0.4, -0.2) is 34.3 Å². The first-order chi connectivity index (χ1) is 3.77. The van der Waals surface area contributed by atoms with Crippen molar-refractivity contribution in [2.75, 3.05) is 18.1 Å². The summed E-state index contributed by atoms with van der Waals surface area (Å²) in [5.41, 5.74) is 0. The molecule has 0 fully saturated rings. The monoisotopic (exact) mass is 136 g/mol. The quantitative estimate of drug-likeness (QED) is 0.525. The number of thioether (sulfide) groups is 1. The van der Waals surface area contributed by atoms with Crippen molar-refractivity contribution in [1.82, 2.24) is 0 Å². The molecule has 2 N–H and O–H groups in total. The topological polar surface area (TPSA) is 57.5 Å². The molecule has 0 atom stereocenters. The molecule has 0 unspecified atom stereocenters. The maximum Gasteiger partial charge on any atom is 0.313 e. The fourth-order valence-electron chi connectivity index (χ4n) is 0.224. The van der Waals surface area contributed by atoms with Crippen LogP contribution in [0.5, 0.6) is 0 Å². The maximum atomic E-state index is 9.77. The number of aliphatic carboxylic acids is 1. The Bertz CT molecular complexity index is 73.7. The van der Waals surface area contributed by atoms with Gasteiger partial charge in [-0.15, -0.1) is 11.8 Å². The van der Waals surface area contributed by atoms with E-state index in [2.05, 4.69) is 0 Å². The molecule has 0 radical (unpaired) electrons. The maximum absolute atomic E-state index is 9.77. The van der Waals surface area contributed by atoms with E-state index in [4.69, 9.17) is 10.2 Å². The fourth-order valence-corrected chi connectivity index (χ4v) is 0.672. The van der Waals surface area contributed by atoms with Gasteiger partial charge in [-0.1, -0.05) is 0 Å². The van der Waals surface area contributed by atoms with Gasteiger partial charge in [0.05, 0.1) is 12.4 Å². The molecule has 0 amide bonds. The van der Waals surface area contributed by atoms with Crippen molar-refractivity contribution in [2.24, 2.45) is 0 Å². The second kappa shape index (κ2) is 4.93. The predicted octanol–water partition coefficient (Wildman–Crippen LogP) is -0.203. The first kappa shape index (κ1) is 7.78. The number of hydrogen-bond donors (Lipinski definition) is 2. The summed E-state index contributed by atoms with van der Waals surface area (Å²) in [6, 6.07) is 0. The Morgan fingerprint density at radius 1 is 1.62 bits per heavy atom. The molecular weight excluding hydrogens is 128 g/mol. The van der Waals surface area contributed by atoms with Gasteiger partial charge in [0.1, 0.15) is 0 Å². The van der Waals surface area contributed by atoms with E-state index >= 15 is 0 Å². The molecule has 0 aliphatic rings. The first-order valence-corrected chi connectivity index (χ1v) is 3.33. The minimum atomic E-state index is -0.830. The van der Waals surface area contributed by atoms with E-state index in [9.17, 15) is 4.79 Å². The van der Waals surface area contributed by atoms with E-state index in [0.29, 0.717) is 5.75 Å². The van der Waals surface area contributed by atoms with Crippen LogP contribution in [0.4, 0.5) is 0 Å². The van der Waals surface area contributed by atoms with E-state index in [1.807, 2.05) is 0 Å². The van der Waals surface area contributed by atoms with Gasteiger partial charge in [0.15, 0.2) is 0 Å². The van der Waals surface area contributed by atoms with Crippen molar-refractivity contribution in [3.8, 4) is 0 Å². The molecule has 8 heavy (non-hydrogen) atoms. The van der Waals surface area contributed by atoms with Crippen LogP contribution in [0.25, 0.3) is 0 Å². The van der Waals surface area contributed by atoms with Crippen LogP contribution < -0.4 is 0 Å². The van der Waals surface area contributed by atoms with Crippen molar-refractivity contribution < 1.29 is 15.0 Å². The second-order valence-corrected chi connectivity index (χ2v) is 2.28. The molecule has 0 bridgehead atoms. The molecule has 4 heteroatoms. The Morgan fingerprint density at radius 3 is 2.62 bits per heavy atom. The SMILES string of the molecule is O=C(O)CSCCO. The lowest BCUT2D eigenvalue weighted by Gasteiger charge is -1.90. The molecular formula is C4H8O3S. The van der Waals surface area contributed by atoms with Gasteiger partial charge in [-0.25, -0.2) is 0 Å². The molecule has 0 aromatic heterocycles. The normalized spacial score (nSPS) is 9.12. The van der Waals surface area contributed by atoms with E-state index in [0.717, 1.165) is 0 Å². The molecule has 0 saturated carbocycles. The van der Waals surface area contributed by atoms with Crippen molar-refractivity contribution in [3.63, 3.8) is 0 Å². The zero-order valence-corrected chi connectivity index (χ0v) is 5.15. The van der Waals surface area contributed by atoms with E-state index in [1.54, 1.807) is 0 Å². The standard InChI is InChI=1S/C4H8O3S/c5-1-2-8-3-4(6)7/h5H,1-3H2,(H,6,7). The van der Waals surface area contributed by atoms with Crippen molar-refractivity contribution in [3.05, 3.63) is 0 Å². The van der Waals surface area contributed by atoms with Crippen LogP contribution in [0.1, 0.15) is 0 Å². The number of aliphatic hydroxyl groups is 1. The van der Waals surface area contributed by atoms with Gasteiger partial charge in [-0.3, -0.25) is 4.79 Å². The molecule has 0 aromatic rings. The van der Waals surface area contributed by atoms with Crippen LogP contribution in [-0.2, 0) is 4.79 Å². The lowest BCUT2D eigenvalue weighted by molar-refractivity contribution is -0.133. The van der Waals surface area contributed by atoms with Crippen molar-refractivity contribution in [1.29, 1.82) is 0 Å². The number of carboxylic acids is 1. The number of carboxylic acid groups (broad SMARTS) is 1. The Hall–Kier alpha value is -0.220. The highest BCUT2D eigenvalue weighted by atomic mass is 32.2. The smallest absolute Gasteiger partial charge is 0.313 e. The summed E-state index contributed by atoms with van der Waals surface area (Å²) in [6.45, 7) is 0.0535. The number of hydrogen-bond acceptors (Lipinski definition) is 3. The Balaban J connectivity index is 2.82. The van der Waals surface area contributed by atoms with Gasteiger partial charge in [-0.05, 0) is 0 Å². The zero-order valence-electron chi connectivity index (χ0n) is 4.33. The van der Waals surface area contributed by atoms with Crippen LogP contribution >= 0.6 is 11.8 Å². The number of carbonyl (C=O) groups is 1. The summed E-state index contributed by atoms with van der Waals surface area (Å²) in [7, 11) is 0. The molecule has 3 nitrogen and oxygen atoms in total. The molecule has 0 aliphatic carbocycles. The summed E-state index contributed by atoms with van der Waals surface area (Å²) in [5.74, 6) is -0.240. The molecule has 0 saturated heterocycles. The average molecular weight is 136 g/mol. The van der Waals surface area contributed by atoms with E-state index in [1.165, 1.54) is 11.8 Å². The summed E-state index contributed by atoms with van der Waals surface area (Å²) >= 11 is 1.21. The zero-order chi connectivity index (χ0) is 6.41. The molecule has 0 aliphatic heterocycles. The van der Waals surface area contributed by atoms with Crippen molar-refractivity contribution >= 4 is 17.7 Å². The average Bonchev–Trinajstić information content (AvgIpc) is 1.66. The summed E-state index contributed by atoms with van der Waals surface area (Å²) in [5, 5.41) is 16.2. The van der Waals surface area contributed by atoms with Gasteiger partial charge >= 0.3 is 5.97 Å². The Kier molecular flexibility index (Phi) is 4.79. The number of rotatable bonds is 4. The Labute approximate surface area is 51.7 Å². The summed E-state index contributed by atoms with van der Waals surface area (Å²) < 4.78 is 0. The second-order valence-electron chi connectivity index (χ2n) is 1.17. The van der Waals surface area contributed by atoms with Gasteiger partial charge in [0, 0.05) is 5.75 Å². The predicted molar refractivity (Wildman–Crippen MR) is 32.0 cm³/mol. The lowest BCUT2D eigenvalue weighted by atomic mass is 10.8. The molecule has 48 valence electrons. The lowest BCUT2D eigenvalue weighted by Crippen LogP contribution is -1.99. The van der Waals surface area contributed by atoms with E-state index < -0.39 is 5.97 Å². The van der Waals surface area contributed by atoms with Crippen LogP contribution in [0.3, 0.4) is 0 Å². The molecule has 0 heterocycles. The highest BCUT2D eigenvalue weighted by molar-refractivity contribution is 7.99. The molecule has 0 aromatic carbocycles. The highest BCUT2D eigenvalue weighted by Crippen LogP contribution is 1.95.